The van der Waals surface area contributed by atoms with Crippen molar-refractivity contribution in [1.29, 1.82) is 0 Å². The van der Waals surface area contributed by atoms with Crippen molar-refractivity contribution in [2.24, 2.45) is 30.7 Å². The van der Waals surface area contributed by atoms with E-state index in [0.29, 0.717) is 43.3 Å². The van der Waals surface area contributed by atoms with E-state index in [4.69, 9.17) is 22.9 Å². The van der Waals surface area contributed by atoms with E-state index in [9.17, 15) is 64.9 Å². The summed E-state index contributed by atoms with van der Waals surface area (Å²) in [6.07, 6.45) is 0. The minimum Gasteiger partial charge on any atom is -0.654 e. The van der Waals surface area contributed by atoms with Crippen molar-refractivity contribution in [1.82, 2.24) is 9.97 Å². The molecule has 0 radical (unpaired) electrons. The summed E-state index contributed by atoms with van der Waals surface area (Å²) in [6, 6.07) is 27.6. The van der Waals surface area contributed by atoms with Crippen LogP contribution in [0.4, 0.5) is 68.2 Å². The molecule has 28 nitrogen and oxygen atoms in total. The van der Waals surface area contributed by atoms with Crippen LogP contribution in [0.5, 0.6) is 0 Å². The van der Waals surface area contributed by atoms with Crippen molar-refractivity contribution in [3.8, 4) is 32.3 Å². The van der Waals surface area contributed by atoms with Crippen molar-refractivity contribution in [3.63, 3.8) is 0 Å². The van der Waals surface area contributed by atoms with E-state index in [1.165, 1.54) is 73.7 Å². The second-order valence-corrected chi connectivity index (χ2v) is 28.2. The third-order valence-corrected chi connectivity index (χ3v) is 20.6. The molecule has 452 valence electrons. The number of aryl methyl sites for hydroxylation is 2. The number of benzene rings is 8. The van der Waals surface area contributed by atoms with E-state index in [0.717, 1.165) is 40.9 Å². The first-order valence-electron chi connectivity index (χ1n) is 24.4. The molecule has 0 aliphatic carbocycles. The van der Waals surface area contributed by atoms with Crippen LogP contribution in [0.15, 0.2) is 181 Å². The van der Waals surface area contributed by atoms with Crippen LogP contribution >= 0.6 is 35.3 Å². The van der Waals surface area contributed by atoms with Crippen molar-refractivity contribution in [2.45, 2.75) is 43.2 Å². The van der Waals surface area contributed by atoms with E-state index >= 15 is 0 Å². The Morgan fingerprint density at radius 2 is 0.875 bits per heavy atom. The molecule has 0 unspecified atom stereocenters. The topological polar surface area (TPSA) is 490 Å². The van der Waals surface area contributed by atoms with Crippen molar-refractivity contribution in [3.05, 3.63) is 138 Å². The van der Waals surface area contributed by atoms with Crippen molar-refractivity contribution in [2.75, 3.05) is 22.9 Å². The Balaban J connectivity index is 0.897. The van der Waals surface area contributed by atoms with Gasteiger partial charge in [-0.2, -0.15) is 57.4 Å². The first-order chi connectivity index (χ1) is 41.1. The number of fused-ring (bicyclic) bond motifs is 2. The van der Waals surface area contributed by atoms with Gasteiger partial charge in [0.05, 0.1) is 48.9 Å². The van der Waals surface area contributed by atoms with Crippen LogP contribution in [-0.2, 0) is 50.6 Å². The smallest absolute Gasteiger partial charge is 0.296 e. The van der Waals surface area contributed by atoms with Gasteiger partial charge in [0.25, 0.3) is 50.6 Å². The van der Waals surface area contributed by atoms with Gasteiger partial charge in [0, 0.05) is 33.0 Å². The number of hydrogen-bond donors (Lipinski definition) is 10. The third-order valence-electron chi connectivity index (χ3n) is 12.9. The fraction of sp³-hybridized carbons (Fsp3) is 0.0385. The number of thiol groups is 1. The number of rotatable bonds is 16. The van der Waals surface area contributed by atoms with Crippen LogP contribution in [0.25, 0.3) is 58.0 Å². The third kappa shape index (κ3) is 12.7. The average Bonchev–Trinajstić information content (AvgIpc) is 1.72. The van der Waals surface area contributed by atoms with Crippen LogP contribution < -0.4 is 22.9 Å². The van der Waals surface area contributed by atoms with Gasteiger partial charge in [0.1, 0.15) is 51.6 Å². The number of thiazole rings is 2. The second-order valence-electron chi connectivity index (χ2n) is 18.9. The lowest BCUT2D eigenvalue weighted by Gasteiger charge is -2.28. The Morgan fingerprint density at radius 1 is 0.443 bits per heavy atom. The normalized spacial score (nSPS) is 12.8. The maximum Gasteiger partial charge on any atom is 0.296 e. The highest BCUT2D eigenvalue weighted by atomic mass is 32.2. The number of anilines is 4. The number of hydrogen-bond acceptors (Lipinski definition) is 25. The highest BCUT2D eigenvalue weighted by Gasteiger charge is 2.26. The molecule has 0 aliphatic heterocycles. The summed E-state index contributed by atoms with van der Waals surface area (Å²) in [6.45, 7) is 3.07. The number of azo groups is 3. The Labute approximate surface area is 512 Å². The van der Waals surface area contributed by atoms with Crippen molar-refractivity contribution < 1.29 is 64.9 Å². The van der Waals surface area contributed by atoms with E-state index in [1.807, 2.05) is 0 Å². The molecule has 13 N–H and O–H groups in total. The Morgan fingerprint density at radius 3 is 1.35 bits per heavy atom. The Kier molecular flexibility index (Phi) is 16.3. The predicted molar refractivity (Wildman–Crippen MR) is 334 cm³/mol. The molecule has 88 heavy (non-hydrogen) atoms. The average molecular weight is 1340 g/mol. The molecule has 0 aliphatic rings. The molecule has 0 saturated heterocycles. The van der Waals surface area contributed by atoms with Gasteiger partial charge in [0.2, 0.25) is 0 Å². The largest absolute Gasteiger partial charge is 0.654 e. The van der Waals surface area contributed by atoms with Gasteiger partial charge in [-0.25, -0.2) is 9.97 Å². The molecule has 2 heterocycles. The summed E-state index contributed by atoms with van der Waals surface area (Å²) in [5.74, 6) is 0. The summed E-state index contributed by atoms with van der Waals surface area (Å²) in [5, 5.41) is 29.6. The first kappa shape index (κ1) is 62.3. The number of aromatic nitrogens is 2. The molecule has 8 aromatic carbocycles. The maximum absolute atomic E-state index is 12.9. The maximum atomic E-state index is 12.9. The molecule has 0 saturated carbocycles. The molecular formula is C52H40N13O15S8-. The SMILES string of the molecule is Cc1ccc2nc(-c3ccc(N=Nc4c(N)c(N=Nc5ccc(-c6ccc(N=Nc7cc(S(=O)(=O)O)c(N)c([N-]c8ccc(-c9nc%10ccc(C)c(S(=O)(=O)O)c%10s9)cc8)c7N)cc6S(=O)(=O)O)c(S)c5)cc(S(=O)(=O)O)c4N)cc3)sc2c1S(=O)(=O)O. The lowest BCUT2D eigenvalue weighted by Crippen LogP contribution is -2.05. The quantitative estimate of drug-likeness (QED) is 0.0186. The van der Waals surface area contributed by atoms with Crippen LogP contribution in [0, 0.1) is 13.8 Å². The molecule has 10 rings (SSSR count). The lowest BCUT2D eigenvalue weighted by atomic mass is 10.0. The number of nitrogen functional groups attached to an aromatic ring is 4. The fourth-order valence-electron chi connectivity index (χ4n) is 8.80. The van der Waals surface area contributed by atoms with E-state index in [2.05, 4.69) is 58.6 Å². The molecule has 0 atom stereocenters. The first-order valence-corrected chi connectivity index (χ1v) is 33.7. The van der Waals surface area contributed by atoms with Gasteiger partial charge in [-0.15, -0.1) is 56.3 Å². The van der Waals surface area contributed by atoms with Gasteiger partial charge in [0.15, 0.2) is 0 Å². The van der Waals surface area contributed by atoms with Crippen LogP contribution in [0.2, 0.25) is 0 Å². The van der Waals surface area contributed by atoms with Gasteiger partial charge >= 0.3 is 0 Å². The summed E-state index contributed by atoms with van der Waals surface area (Å²) in [5.41, 5.74) is 24.3. The van der Waals surface area contributed by atoms with Gasteiger partial charge < -0.3 is 28.3 Å². The lowest BCUT2D eigenvalue weighted by molar-refractivity contribution is 0.481. The Hall–Kier alpha value is -8.76. The molecule has 10 aromatic rings. The van der Waals surface area contributed by atoms with Crippen molar-refractivity contribution >= 4 is 175 Å². The monoisotopic (exact) mass is 1340 g/mol. The minimum atomic E-state index is -5.08. The van der Waals surface area contributed by atoms with E-state index in [1.54, 1.807) is 43.3 Å². The molecular weight excluding hydrogens is 1300 g/mol. The zero-order valence-electron chi connectivity index (χ0n) is 44.5. The molecule has 2 aromatic heterocycles. The molecule has 0 fully saturated rings. The fourth-order valence-corrected chi connectivity index (χ4v) is 15.8. The van der Waals surface area contributed by atoms with Gasteiger partial charge in [-0.1, -0.05) is 54.2 Å². The van der Waals surface area contributed by atoms with Gasteiger partial charge in [-0.3, -0.25) is 22.8 Å². The van der Waals surface area contributed by atoms with E-state index < -0.39 is 88.0 Å². The molecule has 0 bridgehead atoms. The zero-order chi connectivity index (χ0) is 63.7. The van der Waals surface area contributed by atoms with Crippen LogP contribution in [-0.4, -0.2) is 74.8 Å². The second kappa shape index (κ2) is 23.1. The predicted octanol–water partition coefficient (Wildman–Crippen LogP) is 13.0. The Bertz CT molecular complexity index is 5300. The molecule has 36 heteroatoms. The van der Waals surface area contributed by atoms with Gasteiger partial charge in [-0.05, 0) is 103 Å². The standard InChI is InChI=1S/C52H40N13O15S8/c1-23-3-17-33-47(49(23)87(75,76)77)82-51(58-33)25-5-9-27(10-6-25)57-45-41(53)35(21-39(43(45)55)85(69,70)71)63-62-30-14-16-32(38(20-30)84(66,67)68)31-15-13-29(19-37(31)81)61-64-36-22-40(86(72,73)74)44(56)46(42(36)54)65-60-28-11-7-26(8-12-28)52-59-34-18-4-24(2)50(48(34)83-52)88(78,79)80/h3-22H,1-2H3,(H14-,53,54,55,56,57,58,59,60,61,62,63,64,65,66,67,68,69,70,71,72,73,74,75,76,77,78,79,80,81)/q-1. The van der Waals surface area contributed by atoms with Crippen LogP contribution in [0.3, 0.4) is 0 Å². The van der Waals surface area contributed by atoms with Crippen LogP contribution in [0.1, 0.15) is 11.1 Å². The highest BCUT2D eigenvalue weighted by Crippen LogP contribution is 2.49. The highest BCUT2D eigenvalue weighted by molar-refractivity contribution is 7.87. The summed E-state index contributed by atoms with van der Waals surface area (Å²) in [4.78, 5) is 6.10. The minimum absolute atomic E-state index is 0.0325. The molecule has 0 spiro atoms. The zero-order valence-corrected chi connectivity index (χ0v) is 51.1. The molecule has 0 amide bonds. The number of nitrogens with two attached hydrogens (primary N) is 4. The summed E-state index contributed by atoms with van der Waals surface area (Å²) >= 11 is 6.57. The summed E-state index contributed by atoms with van der Waals surface area (Å²) < 4.78 is 176. The number of nitrogens with zero attached hydrogens (tertiary/aromatic N) is 9. The van der Waals surface area contributed by atoms with E-state index in [-0.39, 0.29) is 80.7 Å². The summed E-state index contributed by atoms with van der Waals surface area (Å²) in [7, 11) is -24.3.